The Bertz CT molecular complexity index is 1370. The molecule has 0 saturated carbocycles. The van der Waals surface area contributed by atoms with Gasteiger partial charge in [-0.3, -0.25) is 14.7 Å². The molecule has 8 heteroatoms. The number of benzene rings is 3. The fourth-order valence-corrected chi connectivity index (χ4v) is 4.90. The van der Waals surface area contributed by atoms with Gasteiger partial charge < -0.3 is 0 Å². The Kier molecular flexibility index (Phi) is 4.74. The van der Waals surface area contributed by atoms with E-state index in [0.717, 1.165) is 15.8 Å². The maximum absolute atomic E-state index is 13.2. The summed E-state index contributed by atoms with van der Waals surface area (Å²) in [6.07, 6.45) is 0. The van der Waals surface area contributed by atoms with Crippen molar-refractivity contribution in [1.29, 1.82) is 5.26 Å². The number of hydrogen-bond acceptors (Lipinski definition) is 5. The zero-order valence-corrected chi connectivity index (χ0v) is 17.5. The molecule has 31 heavy (non-hydrogen) atoms. The first-order chi connectivity index (χ1) is 15.1. The summed E-state index contributed by atoms with van der Waals surface area (Å²) >= 11 is 7.52. The molecular formula is C23H13ClN4O2S. The molecule has 3 aromatic carbocycles. The number of amides is 2. The zero-order valence-electron chi connectivity index (χ0n) is 15.9. The van der Waals surface area contributed by atoms with Crippen LogP contribution in [0.25, 0.3) is 10.8 Å². The van der Waals surface area contributed by atoms with Crippen molar-refractivity contribution in [2.45, 2.75) is 10.8 Å². The zero-order chi connectivity index (χ0) is 21.5. The number of carbonyl (C=O) groups excluding carboxylic acids is 2. The van der Waals surface area contributed by atoms with E-state index in [1.165, 1.54) is 11.8 Å². The first kappa shape index (κ1) is 19.4. The molecule has 150 valence electrons. The van der Waals surface area contributed by atoms with E-state index in [1.807, 2.05) is 30.3 Å². The molecular weight excluding hydrogens is 432 g/mol. The van der Waals surface area contributed by atoms with Crippen LogP contribution in [0.1, 0.15) is 31.8 Å². The van der Waals surface area contributed by atoms with E-state index in [2.05, 4.69) is 16.3 Å². The minimum atomic E-state index is -0.489. The minimum Gasteiger partial charge on any atom is -0.268 e. The number of nitrogens with zero attached hydrogens (tertiary/aromatic N) is 3. The van der Waals surface area contributed by atoms with Crippen LogP contribution >= 0.6 is 23.4 Å². The van der Waals surface area contributed by atoms with Crippen molar-refractivity contribution >= 4 is 51.8 Å². The minimum absolute atomic E-state index is 0.0747. The third-order valence-corrected chi connectivity index (χ3v) is 6.54. The lowest BCUT2D eigenvalue weighted by atomic mass is 9.94. The van der Waals surface area contributed by atoms with E-state index in [-0.39, 0.29) is 11.4 Å². The summed E-state index contributed by atoms with van der Waals surface area (Å²) in [5.41, 5.74) is 1.87. The molecule has 2 amide bonds. The Morgan fingerprint density at radius 2 is 1.68 bits per heavy atom. The van der Waals surface area contributed by atoms with E-state index < -0.39 is 11.8 Å². The van der Waals surface area contributed by atoms with Gasteiger partial charge in [-0.2, -0.15) is 10.4 Å². The molecule has 0 radical (unpaired) electrons. The summed E-state index contributed by atoms with van der Waals surface area (Å²) in [6.45, 7) is 0. The van der Waals surface area contributed by atoms with Crippen molar-refractivity contribution in [2.24, 2.45) is 0 Å². The van der Waals surface area contributed by atoms with Gasteiger partial charge in [-0.25, -0.2) is 4.90 Å². The topological polar surface area (TPSA) is 89.8 Å². The third kappa shape index (κ3) is 3.08. The lowest BCUT2D eigenvalue weighted by molar-refractivity contribution is 0.0892. The Labute approximate surface area is 186 Å². The summed E-state index contributed by atoms with van der Waals surface area (Å²) in [6, 6.07) is 20.1. The van der Waals surface area contributed by atoms with Gasteiger partial charge in [0.2, 0.25) is 0 Å². The quantitative estimate of drug-likeness (QED) is 0.346. The maximum atomic E-state index is 13.2. The number of nitriles is 1. The van der Waals surface area contributed by atoms with Crippen molar-refractivity contribution < 1.29 is 9.59 Å². The summed E-state index contributed by atoms with van der Waals surface area (Å²) in [7, 11) is 0. The van der Waals surface area contributed by atoms with Gasteiger partial charge in [0.25, 0.3) is 11.8 Å². The molecule has 0 bridgehead atoms. The van der Waals surface area contributed by atoms with E-state index >= 15 is 0 Å². The van der Waals surface area contributed by atoms with Crippen molar-refractivity contribution in [3.05, 3.63) is 87.9 Å². The molecule has 6 nitrogen and oxygen atoms in total. The van der Waals surface area contributed by atoms with Crippen molar-refractivity contribution in [3.63, 3.8) is 0 Å². The van der Waals surface area contributed by atoms with Gasteiger partial charge >= 0.3 is 0 Å². The SMILES string of the molecule is N#Cc1c(SCc2ccccc2Cl)n[nH]c1N1C(=O)c2cccc3cccc(c23)C1=O. The van der Waals surface area contributed by atoms with E-state index in [0.29, 0.717) is 32.3 Å². The number of anilines is 1. The van der Waals surface area contributed by atoms with Crippen LogP contribution < -0.4 is 4.90 Å². The summed E-state index contributed by atoms with van der Waals surface area (Å²) in [4.78, 5) is 27.5. The highest BCUT2D eigenvalue weighted by Crippen LogP contribution is 2.36. The average molecular weight is 445 g/mol. The molecule has 0 aliphatic carbocycles. The van der Waals surface area contributed by atoms with Crippen LogP contribution in [0.15, 0.2) is 65.7 Å². The Morgan fingerprint density at radius 3 is 2.32 bits per heavy atom. The molecule has 1 N–H and O–H groups in total. The summed E-state index contributed by atoms with van der Waals surface area (Å²) < 4.78 is 0. The normalized spacial score (nSPS) is 13.0. The molecule has 1 aromatic heterocycles. The van der Waals surface area contributed by atoms with Gasteiger partial charge in [-0.15, -0.1) is 0 Å². The van der Waals surface area contributed by atoms with Crippen molar-refractivity contribution in [2.75, 3.05) is 4.90 Å². The van der Waals surface area contributed by atoms with Crippen LogP contribution in [-0.4, -0.2) is 22.0 Å². The fraction of sp³-hybridized carbons (Fsp3) is 0.0435. The van der Waals surface area contributed by atoms with Gasteiger partial charge in [-0.05, 0) is 29.1 Å². The van der Waals surface area contributed by atoms with E-state index in [4.69, 9.17) is 11.6 Å². The third-order valence-electron chi connectivity index (χ3n) is 5.14. The molecule has 1 aliphatic rings. The number of nitrogens with one attached hydrogen (secondary N) is 1. The number of hydrogen-bond donors (Lipinski definition) is 1. The Balaban J connectivity index is 1.54. The van der Waals surface area contributed by atoms with Crippen LogP contribution in [0.5, 0.6) is 0 Å². The molecule has 4 aromatic rings. The highest BCUT2D eigenvalue weighted by atomic mass is 35.5. The first-order valence-electron chi connectivity index (χ1n) is 9.35. The largest absolute Gasteiger partial charge is 0.268 e. The predicted octanol–water partition coefficient (Wildman–Crippen LogP) is 5.18. The lowest BCUT2D eigenvalue weighted by Crippen LogP contribution is -2.41. The number of halogens is 1. The number of aromatic nitrogens is 2. The number of H-pyrrole nitrogens is 1. The highest BCUT2D eigenvalue weighted by molar-refractivity contribution is 7.98. The van der Waals surface area contributed by atoms with Crippen molar-refractivity contribution in [1.82, 2.24) is 10.2 Å². The smallest absolute Gasteiger partial charge is 0.267 e. The number of imide groups is 1. The second-order valence-corrected chi connectivity index (χ2v) is 8.27. The van der Waals surface area contributed by atoms with Crippen LogP contribution in [0, 0.1) is 11.3 Å². The lowest BCUT2D eigenvalue weighted by Gasteiger charge is -2.26. The molecule has 5 rings (SSSR count). The molecule has 0 saturated heterocycles. The van der Waals surface area contributed by atoms with Gasteiger partial charge in [-0.1, -0.05) is 65.8 Å². The molecule has 2 heterocycles. The Morgan fingerprint density at radius 1 is 1.00 bits per heavy atom. The van der Waals surface area contributed by atoms with Gasteiger partial charge in [0.05, 0.1) is 0 Å². The molecule has 0 spiro atoms. The number of rotatable bonds is 4. The first-order valence-corrected chi connectivity index (χ1v) is 10.7. The van der Waals surface area contributed by atoms with Gasteiger partial charge in [0, 0.05) is 27.3 Å². The fourth-order valence-electron chi connectivity index (χ4n) is 3.68. The molecule has 0 atom stereocenters. The number of thioether (sulfide) groups is 1. The van der Waals surface area contributed by atoms with Gasteiger partial charge in [0.1, 0.15) is 16.7 Å². The van der Waals surface area contributed by atoms with E-state index in [9.17, 15) is 14.9 Å². The maximum Gasteiger partial charge on any atom is 0.267 e. The van der Waals surface area contributed by atoms with Crippen molar-refractivity contribution in [3.8, 4) is 6.07 Å². The molecule has 1 aliphatic heterocycles. The Hall–Kier alpha value is -3.60. The monoisotopic (exact) mass is 444 g/mol. The van der Waals surface area contributed by atoms with Gasteiger partial charge in [0.15, 0.2) is 5.82 Å². The standard InChI is InChI=1S/C23H13ClN4O2S/c24-18-10-2-1-5-14(18)12-31-21-17(11-25)20(26-27-21)28-22(29)15-8-3-6-13-7-4-9-16(19(13)15)23(28)30/h1-10H,12H2,(H,26,27). The van der Waals surface area contributed by atoms with E-state index in [1.54, 1.807) is 30.3 Å². The molecule has 0 fully saturated rings. The average Bonchev–Trinajstić information content (AvgIpc) is 3.19. The van der Waals surface area contributed by atoms with Crippen LogP contribution in [0.3, 0.4) is 0 Å². The van der Waals surface area contributed by atoms with Crippen LogP contribution in [0.4, 0.5) is 5.82 Å². The number of carbonyl (C=O) groups is 2. The predicted molar refractivity (Wildman–Crippen MR) is 119 cm³/mol. The van der Waals surface area contributed by atoms with Crippen LogP contribution in [0.2, 0.25) is 5.02 Å². The highest BCUT2D eigenvalue weighted by Gasteiger charge is 2.37. The number of aromatic amines is 1. The second-order valence-electron chi connectivity index (χ2n) is 6.90. The molecule has 0 unspecified atom stereocenters. The summed E-state index contributed by atoms with van der Waals surface area (Å²) in [5, 5.41) is 19.2. The summed E-state index contributed by atoms with van der Waals surface area (Å²) in [5.74, 6) is -0.414. The second kappa shape index (κ2) is 7.58. The van der Waals surface area contributed by atoms with Crippen LogP contribution in [-0.2, 0) is 5.75 Å².